The Morgan fingerprint density at radius 2 is 1.92 bits per heavy atom. The second-order valence-electron chi connectivity index (χ2n) is 5.88. The van der Waals surface area contributed by atoms with Gasteiger partial charge in [0.2, 0.25) is 6.79 Å². The van der Waals surface area contributed by atoms with Gasteiger partial charge in [-0.3, -0.25) is 9.88 Å². The fraction of sp³-hybridized carbons (Fsp3) is 0.211. The van der Waals surface area contributed by atoms with E-state index in [0.717, 1.165) is 29.2 Å². The van der Waals surface area contributed by atoms with E-state index in [9.17, 15) is 0 Å². The lowest BCUT2D eigenvalue weighted by molar-refractivity contribution is 0.174. The van der Waals surface area contributed by atoms with Crippen LogP contribution in [-0.2, 0) is 19.6 Å². The Hall–Kier alpha value is -2.50. The van der Waals surface area contributed by atoms with Crippen LogP contribution in [0.1, 0.15) is 16.9 Å². The fourth-order valence-electron chi connectivity index (χ4n) is 2.86. The zero-order valence-corrected chi connectivity index (χ0v) is 14.3. The highest BCUT2D eigenvalue weighted by atomic mass is 35.5. The Kier molecular flexibility index (Phi) is 4.59. The Morgan fingerprint density at radius 1 is 1.04 bits per heavy atom. The van der Waals surface area contributed by atoms with Crippen LogP contribution in [0.25, 0.3) is 0 Å². The normalized spacial score (nSPS) is 12.7. The first-order valence-corrected chi connectivity index (χ1v) is 8.37. The van der Waals surface area contributed by atoms with E-state index in [-0.39, 0.29) is 6.79 Å². The van der Waals surface area contributed by atoms with E-state index in [0.29, 0.717) is 23.9 Å². The molecule has 0 aliphatic carbocycles. The second-order valence-corrected chi connectivity index (χ2v) is 6.29. The number of benzene rings is 1. The number of hydrogen-bond donors (Lipinski definition) is 0. The smallest absolute Gasteiger partial charge is 0.231 e. The van der Waals surface area contributed by atoms with Gasteiger partial charge in [-0.25, -0.2) is 0 Å². The van der Waals surface area contributed by atoms with Gasteiger partial charge in [-0.15, -0.1) is 0 Å². The highest BCUT2D eigenvalue weighted by Gasteiger charge is 2.19. The molecule has 6 heteroatoms. The lowest BCUT2D eigenvalue weighted by Crippen LogP contribution is -2.22. The molecule has 3 heterocycles. The van der Waals surface area contributed by atoms with E-state index in [1.165, 1.54) is 0 Å². The van der Waals surface area contributed by atoms with Gasteiger partial charge in [0.05, 0.1) is 12.8 Å². The standard InChI is InChI=1S/C19H17ClN2O3/c20-17-8-19-18(24-13-25-19)7-15(17)11-22(12-16-4-2-6-23-16)10-14-3-1-5-21-9-14/h1-9H,10-13H2. The molecule has 0 bridgehead atoms. The zero-order chi connectivity index (χ0) is 17.1. The third kappa shape index (κ3) is 3.78. The molecule has 128 valence electrons. The van der Waals surface area contributed by atoms with Gasteiger partial charge in [0, 0.05) is 36.6 Å². The Morgan fingerprint density at radius 3 is 2.68 bits per heavy atom. The molecule has 1 aromatic carbocycles. The number of fused-ring (bicyclic) bond motifs is 1. The van der Waals surface area contributed by atoms with Crippen LogP contribution >= 0.6 is 11.6 Å². The molecule has 0 radical (unpaired) electrons. The molecule has 0 unspecified atom stereocenters. The van der Waals surface area contributed by atoms with E-state index < -0.39 is 0 Å². The number of furan rings is 1. The van der Waals surface area contributed by atoms with Crippen molar-refractivity contribution in [1.82, 2.24) is 9.88 Å². The monoisotopic (exact) mass is 356 g/mol. The summed E-state index contributed by atoms with van der Waals surface area (Å²) in [7, 11) is 0. The first-order valence-electron chi connectivity index (χ1n) is 7.99. The third-order valence-corrected chi connectivity index (χ3v) is 4.38. The molecule has 0 amide bonds. The Labute approximate surface area is 150 Å². The van der Waals surface area contributed by atoms with Gasteiger partial charge in [-0.2, -0.15) is 0 Å². The lowest BCUT2D eigenvalue weighted by Gasteiger charge is -2.22. The molecule has 25 heavy (non-hydrogen) atoms. The quantitative estimate of drug-likeness (QED) is 0.660. The Balaban J connectivity index is 1.57. The number of halogens is 1. The fourth-order valence-corrected chi connectivity index (χ4v) is 3.08. The summed E-state index contributed by atoms with van der Waals surface area (Å²) in [5.74, 6) is 2.33. The van der Waals surface area contributed by atoms with Crippen LogP contribution in [0.5, 0.6) is 11.5 Å². The van der Waals surface area contributed by atoms with Crippen LogP contribution in [-0.4, -0.2) is 16.7 Å². The van der Waals surface area contributed by atoms with Crippen LogP contribution in [0, 0.1) is 0 Å². The molecule has 1 aliphatic heterocycles. The first-order chi connectivity index (χ1) is 12.3. The minimum absolute atomic E-state index is 0.237. The summed E-state index contributed by atoms with van der Waals surface area (Å²) in [4.78, 5) is 6.44. The molecule has 4 rings (SSSR count). The lowest BCUT2D eigenvalue weighted by atomic mass is 10.1. The number of hydrogen-bond acceptors (Lipinski definition) is 5. The minimum atomic E-state index is 0.237. The van der Waals surface area contributed by atoms with Crippen molar-refractivity contribution in [3.05, 3.63) is 77.0 Å². The maximum absolute atomic E-state index is 6.44. The highest BCUT2D eigenvalue weighted by Crippen LogP contribution is 2.37. The molecule has 0 saturated carbocycles. The molecule has 5 nitrogen and oxygen atoms in total. The molecular formula is C19H17ClN2O3. The summed E-state index contributed by atoms with van der Waals surface area (Å²) in [5.41, 5.74) is 2.12. The number of pyridine rings is 1. The summed E-state index contributed by atoms with van der Waals surface area (Å²) in [6.45, 7) is 2.30. The number of aromatic nitrogens is 1. The van der Waals surface area contributed by atoms with Crippen LogP contribution < -0.4 is 9.47 Å². The Bertz CT molecular complexity index is 837. The molecule has 0 saturated heterocycles. The number of nitrogens with zero attached hydrogens (tertiary/aromatic N) is 2. The van der Waals surface area contributed by atoms with Crippen LogP contribution in [0.4, 0.5) is 0 Å². The van der Waals surface area contributed by atoms with Gasteiger partial charge in [-0.1, -0.05) is 17.7 Å². The van der Waals surface area contributed by atoms with Gasteiger partial charge < -0.3 is 13.9 Å². The van der Waals surface area contributed by atoms with E-state index in [1.54, 1.807) is 12.5 Å². The van der Waals surface area contributed by atoms with Crippen molar-refractivity contribution in [1.29, 1.82) is 0 Å². The van der Waals surface area contributed by atoms with Crippen molar-refractivity contribution in [2.75, 3.05) is 6.79 Å². The van der Waals surface area contributed by atoms with Gasteiger partial charge in [0.1, 0.15) is 5.76 Å². The average Bonchev–Trinajstić information content (AvgIpc) is 3.27. The second kappa shape index (κ2) is 7.17. The van der Waals surface area contributed by atoms with Crippen molar-refractivity contribution in [3.8, 4) is 11.5 Å². The first kappa shape index (κ1) is 16.0. The largest absolute Gasteiger partial charge is 0.468 e. The molecule has 0 spiro atoms. The SMILES string of the molecule is Clc1cc2c(cc1CN(Cc1cccnc1)Cc1ccco1)OCO2. The molecule has 0 atom stereocenters. The van der Waals surface area contributed by atoms with Crippen LogP contribution in [0.2, 0.25) is 5.02 Å². The van der Waals surface area contributed by atoms with Gasteiger partial charge in [0.15, 0.2) is 11.5 Å². The molecule has 0 fully saturated rings. The molecule has 2 aromatic heterocycles. The molecule has 1 aliphatic rings. The molecule has 0 N–H and O–H groups in total. The predicted octanol–water partition coefficient (Wildman–Crippen LogP) is 4.26. The van der Waals surface area contributed by atoms with Crippen molar-refractivity contribution in [2.45, 2.75) is 19.6 Å². The predicted molar refractivity (Wildman–Crippen MR) is 93.5 cm³/mol. The number of rotatable bonds is 6. The summed E-state index contributed by atoms with van der Waals surface area (Å²) in [6, 6.07) is 11.6. The van der Waals surface area contributed by atoms with Crippen LogP contribution in [0.15, 0.2) is 59.5 Å². The van der Waals surface area contributed by atoms with Gasteiger partial charge in [0.25, 0.3) is 0 Å². The van der Waals surface area contributed by atoms with Crippen LogP contribution in [0.3, 0.4) is 0 Å². The average molecular weight is 357 g/mol. The summed E-state index contributed by atoms with van der Waals surface area (Å²) < 4.78 is 16.4. The van der Waals surface area contributed by atoms with E-state index >= 15 is 0 Å². The van der Waals surface area contributed by atoms with Crippen molar-refractivity contribution >= 4 is 11.6 Å². The van der Waals surface area contributed by atoms with E-state index in [1.807, 2.05) is 36.5 Å². The van der Waals surface area contributed by atoms with Crippen molar-refractivity contribution < 1.29 is 13.9 Å². The maximum Gasteiger partial charge on any atom is 0.231 e. The van der Waals surface area contributed by atoms with E-state index in [2.05, 4.69) is 16.0 Å². The zero-order valence-electron chi connectivity index (χ0n) is 13.5. The van der Waals surface area contributed by atoms with Crippen molar-refractivity contribution in [3.63, 3.8) is 0 Å². The summed E-state index contributed by atoms with van der Waals surface area (Å²) in [6.07, 6.45) is 5.33. The van der Waals surface area contributed by atoms with E-state index in [4.69, 9.17) is 25.5 Å². The molecule has 3 aromatic rings. The third-order valence-electron chi connectivity index (χ3n) is 4.02. The topological polar surface area (TPSA) is 47.7 Å². The number of ether oxygens (including phenoxy) is 2. The minimum Gasteiger partial charge on any atom is -0.468 e. The van der Waals surface area contributed by atoms with Gasteiger partial charge in [-0.05, 0) is 35.4 Å². The summed E-state index contributed by atoms with van der Waals surface area (Å²) in [5, 5.41) is 0.667. The molecular weight excluding hydrogens is 340 g/mol. The highest BCUT2D eigenvalue weighted by molar-refractivity contribution is 6.31. The van der Waals surface area contributed by atoms with Crippen molar-refractivity contribution in [2.24, 2.45) is 0 Å². The summed E-state index contributed by atoms with van der Waals surface area (Å²) >= 11 is 6.44. The van der Waals surface area contributed by atoms with Gasteiger partial charge >= 0.3 is 0 Å². The maximum atomic E-state index is 6.44.